The van der Waals surface area contributed by atoms with E-state index in [1.54, 1.807) is 0 Å². The minimum absolute atomic E-state index is 0.0529. The first-order chi connectivity index (χ1) is 11.1. The van der Waals surface area contributed by atoms with Crippen LogP contribution in [0.15, 0.2) is 60.7 Å². The van der Waals surface area contributed by atoms with Gasteiger partial charge in [0, 0.05) is 6.42 Å². The number of hydrogen-bond acceptors (Lipinski definition) is 4. The van der Waals surface area contributed by atoms with Gasteiger partial charge in [0.25, 0.3) is 0 Å². The highest BCUT2D eigenvalue weighted by Crippen LogP contribution is 2.29. The fourth-order valence-corrected chi connectivity index (χ4v) is 2.73. The van der Waals surface area contributed by atoms with Gasteiger partial charge in [-0.05, 0) is 37.1 Å². The van der Waals surface area contributed by atoms with Crippen molar-refractivity contribution in [3.8, 4) is 11.5 Å². The van der Waals surface area contributed by atoms with Crippen molar-refractivity contribution < 1.29 is 19.4 Å². The topological polar surface area (TPSA) is 55.8 Å². The molecule has 1 aliphatic rings. The molecule has 2 atom stereocenters. The lowest BCUT2D eigenvalue weighted by Gasteiger charge is -2.34. The van der Waals surface area contributed by atoms with Crippen LogP contribution < -0.4 is 9.47 Å². The largest absolute Gasteiger partial charge is 0.491 e. The molecular formula is C19H20O4. The molecule has 4 nitrogen and oxygen atoms in total. The summed E-state index contributed by atoms with van der Waals surface area (Å²) in [6.07, 6.45) is 0.525. The third-order valence-electron chi connectivity index (χ3n) is 4.01. The molecule has 2 unspecified atom stereocenters. The first kappa shape index (κ1) is 15.6. The van der Waals surface area contributed by atoms with E-state index in [4.69, 9.17) is 9.47 Å². The minimum atomic E-state index is -1.12. The van der Waals surface area contributed by atoms with E-state index in [-0.39, 0.29) is 18.8 Å². The van der Waals surface area contributed by atoms with E-state index in [9.17, 15) is 9.90 Å². The predicted molar refractivity (Wildman–Crippen MR) is 86.6 cm³/mol. The molecule has 0 heterocycles. The van der Waals surface area contributed by atoms with Gasteiger partial charge in [0.05, 0.1) is 0 Å². The Balaban J connectivity index is 1.56. The van der Waals surface area contributed by atoms with E-state index >= 15 is 0 Å². The molecule has 0 radical (unpaired) electrons. The fraction of sp³-hybridized carbons (Fsp3) is 0.316. The maximum atomic E-state index is 12.3. The number of ketones is 1. The number of para-hydroxylation sites is 2. The van der Waals surface area contributed by atoms with Gasteiger partial charge in [-0.15, -0.1) is 0 Å². The van der Waals surface area contributed by atoms with Gasteiger partial charge in [0.2, 0.25) is 0 Å². The van der Waals surface area contributed by atoms with Gasteiger partial charge in [-0.25, -0.2) is 0 Å². The molecule has 3 rings (SSSR count). The summed E-state index contributed by atoms with van der Waals surface area (Å²) in [5, 5.41) is 10.6. The Hall–Kier alpha value is -2.33. The highest BCUT2D eigenvalue weighted by molar-refractivity contribution is 5.85. The number of rotatable bonds is 5. The second-order valence-electron chi connectivity index (χ2n) is 5.93. The van der Waals surface area contributed by atoms with Crippen molar-refractivity contribution in [1.29, 1.82) is 0 Å². The molecule has 1 fully saturated rings. The summed E-state index contributed by atoms with van der Waals surface area (Å²) >= 11 is 0. The van der Waals surface area contributed by atoms with Crippen LogP contribution in [0, 0.1) is 0 Å². The normalized spacial score (nSPS) is 24.2. The lowest BCUT2D eigenvalue weighted by Crippen LogP contribution is -2.47. The molecule has 0 amide bonds. The molecular weight excluding hydrogens is 292 g/mol. The molecule has 0 aromatic heterocycles. The van der Waals surface area contributed by atoms with Crippen LogP contribution in [0.1, 0.15) is 19.3 Å². The average Bonchev–Trinajstić information content (AvgIpc) is 2.58. The SMILES string of the molecule is O=C1CC(O)(COc2ccccc2)CCC1Oc1ccccc1. The molecule has 1 N–H and O–H groups in total. The first-order valence-electron chi connectivity index (χ1n) is 7.79. The maximum Gasteiger partial charge on any atom is 0.176 e. The third kappa shape index (κ3) is 4.11. The van der Waals surface area contributed by atoms with E-state index in [1.807, 2.05) is 60.7 Å². The Morgan fingerprint density at radius 1 is 1.00 bits per heavy atom. The molecule has 2 aromatic carbocycles. The fourth-order valence-electron chi connectivity index (χ4n) is 2.73. The van der Waals surface area contributed by atoms with Crippen molar-refractivity contribution >= 4 is 5.78 Å². The Bertz CT molecular complexity index is 641. The van der Waals surface area contributed by atoms with E-state index < -0.39 is 11.7 Å². The van der Waals surface area contributed by atoms with E-state index in [0.29, 0.717) is 24.3 Å². The zero-order valence-corrected chi connectivity index (χ0v) is 12.9. The Morgan fingerprint density at radius 2 is 1.61 bits per heavy atom. The Kier molecular flexibility index (Phi) is 4.63. The summed E-state index contributed by atoms with van der Waals surface area (Å²) in [6.45, 7) is 0.112. The van der Waals surface area contributed by atoms with Crippen LogP contribution in [-0.2, 0) is 4.79 Å². The smallest absolute Gasteiger partial charge is 0.176 e. The van der Waals surface area contributed by atoms with E-state index in [0.717, 1.165) is 0 Å². The van der Waals surface area contributed by atoms with Gasteiger partial charge in [-0.3, -0.25) is 4.79 Å². The van der Waals surface area contributed by atoms with Gasteiger partial charge < -0.3 is 14.6 Å². The highest BCUT2D eigenvalue weighted by Gasteiger charge is 2.40. The standard InChI is InChI=1S/C19H20O4/c20-17-13-19(21,14-22-15-7-3-1-4-8-15)12-11-18(17)23-16-9-5-2-6-10-16/h1-10,18,21H,11-14H2. The van der Waals surface area contributed by atoms with Crippen LogP contribution in [0.25, 0.3) is 0 Å². The summed E-state index contributed by atoms with van der Waals surface area (Å²) in [7, 11) is 0. The molecule has 2 aromatic rings. The predicted octanol–water partition coefficient (Wildman–Crippen LogP) is 3.00. The molecule has 0 bridgehead atoms. The van der Waals surface area contributed by atoms with Crippen LogP contribution in [-0.4, -0.2) is 29.2 Å². The zero-order chi connectivity index (χ0) is 16.1. The number of hydrogen-bond donors (Lipinski definition) is 1. The van der Waals surface area contributed by atoms with E-state index in [1.165, 1.54) is 0 Å². The lowest BCUT2D eigenvalue weighted by molar-refractivity contribution is -0.139. The van der Waals surface area contributed by atoms with Crippen LogP contribution in [0.2, 0.25) is 0 Å². The molecule has 1 aliphatic carbocycles. The van der Waals surface area contributed by atoms with Gasteiger partial charge in [-0.2, -0.15) is 0 Å². The monoisotopic (exact) mass is 312 g/mol. The van der Waals surface area contributed by atoms with Gasteiger partial charge in [0.15, 0.2) is 11.9 Å². The summed E-state index contributed by atoms with van der Waals surface area (Å²) in [5.74, 6) is 1.28. The number of Topliss-reactive ketones (excluding diaryl/α,β-unsaturated/α-hetero) is 1. The number of carbonyl (C=O) groups excluding carboxylic acids is 1. The van der Waals surface area contributed by atoms with Crippen molar-refractivity contribution in [3.05, 3.63) is 60.7 Å². The molecule has 0 aliphatic heterocycles. The molecule has 4 heteroatoms. The first-order valence-corrected chi connectivity index (χ1v) is 7.79. The molecule has 120 valence electrons. The number of carbonyl (C=O) groups is 1. The Morgan fingerprint density at radius 3 is 2.22 bits per heavy atom. The minimum Gasteiger partial charge on any atom is -0.491 e. The Labute approximate surface area is 135 Å². The quantitative estimate of drug-likeness (QED) is 0.922. The zero-order valence-electron chi connectivity index (χ0n) is 12.9. The molecule has 0 saturated heterocycles. The van der Waals surface area contributed by atoms with Crippen molar-refractivity contribution in [2.24, 2.45) is 0 Å². The summed E-state index contributed by atoms with van der Waals surface area (Å²) in [6, 6.07) is 18.6. The molecule has 1 saturated carbocycles. The maximum absolute atomic E-state index is 12.3. The van der Waals surface area contributed by atoms with Gasteiger partial charge in [0.1, 0.15) is 23.7 Å². The second kappa shape index (κ2) is 6.84. The average molecular weight is 312 g/mol. The highest BCUT2D eigenvalue weighted by atomic mass is 16.5. The summed E-state index contributed by atoms with van der Waals surface area (Å²) in [4.78, 5) is 12.3. The van der Waals surface area contributed by atoms with Crippen molar-refractivity contribution in [3.63, 3.8) is 0 Å². The van der Waals surface area contributed by atoms with Crippen molar-refractivity contribution in [1.82, 2.24) is 0 Å². The summed E-state index contributed by atoms with van der Waals surface area (Å²) in [5.41, 5.74) is -1.12. The summed E-state index contributed by atoms with van der Waals surface area (Å²) < 4.78 is 11.3. The van der Waals surface area contributed by atoms with Crippen molar-refractivity contribution in [2.45, 2.75) is 31.0 Å². The number of benzene rings is 2. The lowest BCUT2D eigenvalue weighted by atomic mass is 9.83. The van der Waals surface area contributed by atoms with Crippen LogP contribution in [0.4, 0.5) is 0 Å². The molecule has 23 heavy (non-hydrogen) atoms. The molecule has 0 spiro atoms. The number of aliphatic hydroxyl groups is 1. The second-order valence-corrected chi connectivity index (χ2v) is 5.93. The van der Waals surface area contributed by atoms with E-state index in [2.05, 4.69) is 0 Å². The van der Waals surface area contributed by atoms with Gasteiger partial charge >= 0.3 is 0 Å². The number of ether oxygens (including phenoxy) is 2. The van der Waals surface area contributed by atoms with Crippen LogP contribution in [0.5, 0.6) is 11.5 Å². The van der Waals surface area contributed by atoms with Crippen LogP contribution in [0.3, 0.4) is 0 Å². The van der Waals surface area contributed by atoms with Gasteiger partial charge in [-0.1, -0.05) is 36.4 Å². The van der Waals surface area contributed by atoms with Crippen molar-refractivity contribution in [2.75, 3.05) is 6.61 Å². The van der Waals surface area contributed by atoms with Crippen LogP contribution >= 0.6 is 0 Å². The third-order valence-corrected chi connectivity index (χ3v) is 4.01.